The number of hydrogen-bond acceptors (Lipinski definition) is 5. The third-order valence-electron chi connectivity index (χ3n) is 3.46. The molecule has 2 heterocycles. The summed E-state index contributed by atoms with van der Waals surface area (Å²) in [6.45, 7) is 3.60. The molecule has 3 rings (SSSR count). The largest absolute Gasteiger partial charge is 0.423 e. The van der Waals surface area contributed by atoms with Crippen LogP contribution in [0.25, 0.3) is 17.0 Å². The van der Waals surface area contributed by atoms with E-state index in [1.165, 1.54) is 23.5 Å². The predicted octanol–water partition coefficient (Wildman–Crippen LogP) is 4.09. The Kier molecular flexibility index (Phi) is 4.12. The van der Waals surface area contributed by atoms with Gasteiger partial charge >= 0.3 is 11.6 Å². The molecule has 0 atom stereocenters. The highest BCUT2D eigenvalue weighted by molar-refractivity contribution is 7.10. The zero-order chi connectivity index (χ0) is 16.4. The average molecular weight is 326 g/mol. The number of esters is 1. The van der Waals surface area contributed by atoms with Crippen molar-refractivity contribution in [1.29, 1.82) is 0 Å². The SMILES string of the molecule is Cc1cc(=O)oc2c(C)c(OC(=O)/C=C/c3cccs3)ccc12. The number of fused-ring (bicyclic) bond motifs is 1. The average Bonchev–Trinajstić information content (AvgIpc) is 3.02. The number of ether oxygens (including phenoxy) is 1. The van der Waals surface area contributed by atoms with E-state index in [9.17, 15) is 9.59 Å². The van der Waals surface area contributed by atoms with Gasteiger partial charge in [-0.3, -0.25) is 0 Å². The smallest absolute Gasteiger partial charge is 0.336 e. The summed E-state index contributed by atoms with van der Waals surface area (Å²) in [5, 5.41) is 2.76. The molecule has 23 heavy (non-hydrogen) atoms. The molecule has 0 aliphatic rings. The molecule has 1 aromatic carbocycles. The Morgan fingerprint density at radius 1 is 1.26 bits per heavy atom. The Morgan fingerprint density at radius 3 is 2.83 bits per heavy atom. The van der Waals surface area contributed by atoms with Gasteiger partial charge in [-0.15, -0.1) is 11.3 Å². The maximum Gasteiger partial charge on any atom is 0.336 e. The lowest BCUT2D eigenvalue weighted by Gasteiger charge is -2.08. The highest BCUT2D eigenvalue weighted by Gasteiger charge is 2.11. The summed E-state index contributed by atoms with van der Waals surface area (Å²) in [4.78, 5) is 24.4. The maximum atomic E-state index is 11.9. The number of carbonyl (C=O) groups is 1. The molecule has 0 unspecified atom stereocenters. The van der Waals surface area contributed by atoms with Crippen molar-refractivity contribution >= 4 is 34.4 Å². The molecule has 0 aliphatic heterocycles. The van der Waals surface area contributed by atoms with E-state index in [0.717, 1.165) is 15.8 Å². The molecular formula is C18H14O4S. The van der Waals surface area contributed by atoms with Crippen LogP contribution in [0.5, 0.6) is 5.75 Å². The molecule has 2 aromatic heterocycles. The number of hydrogen-bond donors (Lipinski definition) is 0. The molecule has 0 radical (unpaired) electrons. The second-order valence-electron chi connectivity index (χ2n) is 5.08. The van der Waals surface area contributed by atoms with Crippen molar-refractivity contribution in [2.45, 2.75) is 13.8 Å². The first-order valence-corrected chi connectivity index (χ1v) is 7.90. The van der Waals surface area contributed by atoms with E-state index in [4.69, 9.17) is 9.15 Å². The van der Waals surface area contributed by atoms with Gasteiger partial charge in [0.05, 0.1) is 0 Å². The van der Waals surface area contributed by atoms with Gasteiger partial charge in [0.2, 0.25) is 0 Å². The van der Waals surface area contributed by atoms with Crippen LogP contribution < -0.4 is 10.4 Å². The standard InChI is InChI=1S/C18H14O4S/c1-11-10-17(20)22-18-12(2)15(7-6-14(11)18)21-16(19)8-5-13-4-3-9-23-13/h3-10H,1-2H3/b8-5+. The first kappa shape index (κ1) is 15.2. The Bertz CT molecular complexity index is 949. The summed E-state index contributed by atoms with van der Waals surface area (Å²) < 4.78 is 10.6. The van der Waals surface area contributed by atoms with E-state index in [0.29, 0.717) is 16.9 Å². The molecule has 0 amide bonds. The quantitative estimate of drug-likeness (QED) is 0.315. The zero-order valence-electron chi connectivity index (χ0n) is 12.7. The van der Waals surface area contributed by atoms with E-state index >= 15 is 0 Å². The third kappa shape index (κ3) is 3.24. The molecule has 0 spiro atoms. The van der Waals surface area contributed by atoms with Crippen LogP contribution in [0.3, 0.4) is 0 Å². The van der Waals surface area contributed by atoms with Crippen LogP contribution in [0, 0.1) is 13.8 Å². The summed E-state index contributed by atoms with van der Waals surface area (Å²) in [6.07, 6.45) is 3.08. The molecule has 4 nitrogen and oxygen atoms in total. The number of benzene rings is 1. The monoisotopic (exact) mass is 326 g/mol. The number of thiophene rings is 1. The molecule has 0 N–H and O–H groups in total. The topological polar surface area (TPSA) is 56.5 Å². The van der Waals surface area contributed by atoms with Gasteiger partial charge in [0, 0.05) is 28.0 Å². The first-order chi connectivity index (χ1) is 11.0. The lowest BCUT2D eigenvalue weighted by molar-refractivity contribution is -0.128. The molecule has 0 bridgehead atoms. The Hall–Kier alpha value is -2.66. The minimum Gasteiger partial charge on any atom is -0.423 e. The van der Waals surface area contributed by atoms with Gasteiger partial charge < -0.3 is 9.15 Å². The molecule has 0 fully saturated rings. The van der Waals surface area contributed by atoms with Crippen LogP contribution in [0.1, 0.15) is 16.0 Å². The number of carbonyl (C=O) groups excluding carboxylic acids is 1. The van der Waals surface area contributed by atoms with Gasteiger partial charge in [0.1, 0.15) is 11.3 Å². The van der Waals surface area contributed by atoms with Gasteiger partial charge in [0.15, 0.2) is 0 Å². The molecule has 3 aromatic rings. The number of aryl methyl sites for hydroxylation is 2. The van der Waals surface area contributed by atoms with Crippen molar-refractivity contribution in [2.24, 2.45) is 0 Å². The van der Waals surface area contributed by atoms with Crippen LogP contribution in [-0.2, 0) is 4.79 Å². The van der Waals surface area contributed by atoms with Gasteiger partial charge in [-0.2, -0.15) is 0 Å². The van der Waals surface area contributed by atoms with Crippen molar-refractivity contribution in [3.63, 3.8) is 0 Å². The van der Waals surface area contributed by atoms with Crippen molar-refractivity contribution in [3.8, 4) is 5.75 Å². The highest BCUT2D eigenvalue weighted by Crippen LogP contribution is 2.28. The van der Waals surface area contributed by atoms with Crippen molar-refractivity contribution in [3.05, 3.63) is 68.2 Å². The Labute approximate surface area is 136 Å². The Morgan fingerprint density at radius 2 is 2.09 bits per heavy atom. The molecule has 0 saturated heterocycles. The minimum absolute atomic E-state index is 0.382. The molecular weight excluding hydrogens is 312 g/mol. The predicted molar refractivity (Wildman–Crippen MR) is 90.9 cm³/mol. The van der Waals surface area contributed by atoms with Gasteiger partial charge in [-0.25, -0.2) is 9.59 Å². The van der Waals surface area contributed by atoms with Crippen LogP contribution in [0.4, 0.5) is 0 Å². The highest BCUT2D eigenvalue weighted by atomic mass is 32.1. The first-order valence-electron chi connectivity index (χ1n) is 7.02. The second-order valence-corrected chi connectivity index (χ2v) is 6.06. The second kappa shape index (κ2) is 6.22. The van der Waals surface area contributed by atoms with Crippen LogP contribution in [-0.4, -0.2) is 5.97 Å². The van der Waals surface area contributed by atoms with E-state index in [-0.39, 0.29) is 0 Å². The van der Waals surface area contributed by atoms with Gasteiger partial charge in [0.25, 0.3) is 0 Å². The van der Waals surface area contributed by atoms with E-state index in [1.807, 2.05) is 24.4 Å². The normalized spacial score (nSPS) is 11.2. The van der Waals surface area contributed by atoms with Crippen LogP contribution >= 0.6 is 11.3 Å². The molecule has 0 saturated carbocycles. The molecule has 5 heteroatoms. The summed E-state index contributed by atoms with van der Waals surface area (Å²) >= 11 is 1.54. The van der Waals surface area contributed by atoms with E-state index in [1.54, 1.807) is 25.1 Å². The summed E-state index contributed by atoms with van der Waals surface area (Å²) in [5.74, 6) is -0.0945. The molecule has 116 valence electrons. The van der Waals surface area contributed by atoms with Crippen LogP contribution in [0.15, 0.2) is 51.0 Å². The minimum atomic E-state index is -0.476. The van der Waals surface area contributed by atoms with E-state index in [2.05, 4.69) is 0 Å². The van der Waals surface area contributed by atoms with E-state index < -0.39 is 11.6 Å². The fraction of sp³-hybridized carbons (Fsp3) is 0.111. The Balaban J connectivity index is 1.90. The fourth-order valence-electron chi connectivity index (χ4n) is 2.29. The van der Waals surface area contributed by atoms with Crippen LogP contribution in [0.2, 0.25) is 0 Å². The lowest BCUT2D eigenvalue weighted by atomic mass is 10.1. The maximum absolute atomic E-state index is 11.9. The zero-order valence-corrected chi connectivity index (χ0v) is 13.5. The van der Waals surface area contributed by atoms with Gasteiger partial charge in [-0.05, 0) is 49.1 Å². The fourth-order valence-corrected chi connectivity index (χ4v) is 2.91. The van der Waals surface area contributed by atoms with Gasteiger partial charge in [-0.1, -0.05) is 6.07 Å². The van der Waals surface area contributed by atoms with Crippen molar-refractivity contribution in [2.75, 3.05) is 0 Å². The number of rotatable bonds is 3. The summed E-state index contributed by atoms with van der Waals surface area (Å²) in [5.41, 5.74) is 1.48. The third-order valence-corrected chi connectivity index (χ3v) is 4.29. The summed E-state index contributed by atoms with van der Waals surface area (Å²) in [7, 11) is 0. The van der Waals surface area contributed by atoms with Crippen molar-refractivity contribution in [1.82, 2.24) is 0 Å². The lowest BCUT2D eigenvalue weighted by Crippen LogP contribution is -2.06. The van der Waals surface area contributed by atoms with Crippen molar-refractivity contribution < 1.29 is 13.9 Å². The molecule has 0 aliphatic carbocycles. The summed E-state index contributed by atoms with van der Waals surface area (Å²) in [6, 6.07) is 8.76.